The largest absolute Gasteiger partial charge is 0.489 e. The van der Waals surface area contributed by atoms with Gasteiger partial charge in [0.15, 0.2) is 23.3 Å². The summed E-state index contributed by atoms with van der Waals surface area (Å²) in [4.78, 5) is 39.8. The van der Waals surface area contributed by atoms with Crippen LogP contribution in [0.4, 0.5) is 0 Å². The number of fused-ring (bicyclic) bond motifs is 20. The van der Waals surface area contributed by atoms with Gasteiger partial charge in [0.2, 0.25) is 0 Å². The van der Waals surface area contributed by atoms with E-state index < -0.39 is 0 Å². The lowest BCUT2D eigenvalue weighted by Gasteiger charge is -2.27. The van der Waals surface area contributed by atoms with Crippen molar-refractivity contribution in [3.8, 4) is 68.5 Å². The van der Waals surface area contributed by atoms with Gasteiger partial charge in [-0.2, -0.15) is 0 Å². The fourth-order valence-corrected chi connectivity index (χ4v) is 11.0. The Bertz CT molecular complexity index is 3260. The second-order valence-corrected chi connectivity index (χ2v) is 22.6. The highest BCUT2D eigenvalue weighted by molar-refractivity contribution is 6.10. The molecule has 3 aromatic heterocycles. The molecular formula is C60H74N8O4. The molecule has 0 saturated heterocycles. The Morgan fingerprint density at radius 1 is 0.306 bits per heavy atom. The third-order valence-corrected chi connectivity index (χ3v) is 14.1. The van der Waals surface area contributed by atoms with Gasteiger partial charge >= 0.3 is 0 Å². The van der Waals surface area contributed by atoms with E-state index in [0.29, 0.717) is 68.9 Å². The second kappa shape index (κ2) is 20.2. The number of H-pyrrole nitrogens is 2. The third kappa shape index (κ3) is 9.49. The molecule has 7 aromatic rings. The van der Waals surface area contributed by atoms with E-state index in [2.05, 4.69) is 133 Å². The van der Waals surface area contributed by atoms with Crippen molar-refractivity contribution in [1.82, 2.24) is 39.9 Å². The first-order valence-corrected chi connectivity index (χ1v) is 26.3. The van der Waals surface area contributed by atoms with E-state index in [-0.39, 0.29) is 71.8 Å². The number of benzene rings is 4. The molecule has 0 aliphatic carbocycles. The molecule has 0 spiro atoms. The van der Waals surface area contributed by atoms with Crippen molar-refractivity contribution in [3.05, 3.63) is 72.8 Å². The highest BCUT2D eigenvalue weighted by atomic mass is 16.5. The SMILES string of the molecule is CC(C)C(Oc1cccc2c1-c1nc-2nc2[nH]c(nc3nc(nc4[nH]c(n1)c1cccc(OC(C(C)C)C(C)C)c41)-c1cccc(OC(C(C)C)C(C)C)c1-3)c1c(OC(C(C)C)C(C)C)cccc21)C(C)C. The highest BCUT2D eigenvalue weighted by Gasteiger charge is 2.31. The van der Waals surface area contributed by atoms with Crippen LogP contribution in [0.15, 0.2) is 72.8 Å². The van der Waals surface area contributed by atoms with Gasteiger partial charge in [0.05, 0.1) is 21.9 Å². The van der Waals surface area contributed by atoms with E-state index in [0.717, 1.165) is 43.8 Å². The van der Waals surface area contributed by atoms with Crippen molar-refractivity contribution in [1.29, 1.82) is 0 Å². The molecule has 0 radical (unpaired) electrons. The molecule has 0 saturated carbocycles. The molecule has 5 heterocycles. The summed E-state index contributed by atoms with van der Waals surface area (Å²) in [7, 11) is 0. The first-order valence-electron chi connectivity index (χ1n) is 26.3. The Hall–Kier alpha value is -6.56. The zero-order valence-electron chi connectivity index (χ0n) is 45.2. The van der Waals surface area contributed by atoms with E-state index in [1.165, 1.54) is 0 Å². The fraction of sp³-hybridized carbons (Fsp3) is 0.467. The number of rotatable bonds is 16. The molecule has 12 nitrogen and oxygen atoms in total. The van der Waals surface area contributed by atoms with Crippen LogP contribution in [0.25, 0.3) is 89.7 Å². The van der Waals surface area contributed by atoms with Gasteiger partial charge in [-0.1, -0.05) is 159 Å². The molecule has 2 aliphatic rings. The molecule has 2 aliphatic heterocycles. The van der Waals surface area contributed by atoms with Crippen LogP contribution in [0.5, 0.6) is 23.0 Å². The lowest BCUT2D eigenvalue weighted by molar-refractivity contribution is 0.106. The second-order valence-electron chi connectivity index (χ2n) is 22.6. The van der Waals surface area contributed by atoms with Gasteiger partial charge in [-0.3, -0.25) is 0 Å². The standard InChI is InChI=1S/C60H74N8O4/c1-29(2)49(30(3)4)69-41-25-17-21-37-45(41)57-62-53(37)61-54-38-22-18-27-43(71-51(33(9)10)34(11)12)47(38)59(63-54)68-60-48-40(24-20-28-44(48)72-52(35(13)14)36(15)16)56(67-60)66-58-46-39(55(64-57)65-58)23-19-26-42(46)70-50(31(5)6)32(7)8/h17-36,49-52H,1-16H3,(H2,61,62,63,64,65,66,67,68). The minimum absolute atomic E-state index is 0.0637. The Kier molecular flexibility index (Phi) is 14.1. The lowest BCUT2D eigenvalue weighted by Crippen LogP contribution is -2.29. The predicted octanol–water partition coefficient (Wildman–Crippen LogP) is 15.1. The molecule has 378 valence electrons. The van der Waals surface area contributed by atoms with E-state index >= 15 is 0 Å². The van der Waals surface area contributed by atoms with Crippen LogP contribution in [-0.2, 0) is 0 Å². The summed E-state index contributed by atoms with van der Waals surface area (Å²) in [6, 6.07) is 24.3. The van der Waals surface area contributed by atoms with Crippen LogP contribution in [0.2, 0.25) is 0 Å². The average Bonchev–Trinajstić information content (AvgIpc) is 4.06. The third-order valence-electron chi connectivity index (χ3n) is 14.1. The minimum atomic E-state index is -0.0729. The summed E-state index contributed by atoms with van der Waals surface area (Å²) >= 11 is 0. The van der Waals surface area contributed by atoms with E-state index in [4.69, 9.17) is 48.9 Å². The summed E-state index contributed by atoms with van der Waals surface area (Å²) in [5, 5.41) is 3.23. The lowest BCUT2D eigenvalue weighted by atomic mass is 9.96. The number of aromatic nitrogens is 8. The predicted molar refractivity (Wildman–Crippen MR) is 292 cm³/mol. The Labute approximate surface area is 425 Å². The molecule has 0 unspecified atom stereocenters. The normalized spacial score (nSPS) is 12.8. The van der Waals surface area contributed by atoms with Crippen LogP contribution >= 0.6 is 0 Å². The first kappa shape index (κ1) is 50.4. The van der Waals surface area contributed by atoms with E-state index in [1.807, 2.05) is 60.7 Å². The summed E-state index contributed by atoms with van der Waals surface area (Å²) in [5.41, 5.74) is 5.35. The Morgan fingerprint density at radius 3 is 0.931 bits per heavy atom. The maximum absolute atomic E-state index is 7.02. The highest BCUT2D eigenvalue weighted by Crippen LogP contribution is 2.46. The summed E-state index contributed by atoms with van der Waals surface area (Å²) in [5.74, 6) is 6.65. The van der Waals surface area contributed by atoms with Gasteiger partial charge < -0.3 is 28.9 Å². The molecule has 9 rings (SSSR count). The Morgan fingerprint density at radius 2 is 0.583 bits per heavy atom. The van der Waals surface area contributed by atoms with Crippen molar-refractivity contribution in [2.45, 2.75) is 135 Å². The Balaban J connectivity index is 1.45. The van der Waals surface area contributed by atoms with Crippen LogP contribution in [0.1, 0.15) is 111 Å². The van der Waals surface area contributed by atoms with E-state index in [1.54, 1.807) is 0 Å². The maximum Gasteiger partial charge on any atom is 0.168 e. The number of hydrogen-bond acceptors (Lipinski definition) is 10. The van der Waals surface area contributed by atoms with Gasteiger partial charge in [0.1, 0.15) is 70.0 Å². The van der Waals surface area contributed by atoms with Crippen molar-refractivity contribution in [2.75, 3.05) is 0 Å². The number of aromatic amines is 2. The number of hydrogen-bond donors (Lipinski definition) is 2. The zero-order valence-corrected chi connectivity index (χ0v) is 45.2. The number of ether oxygens (including phenoxy) is 4. The van der Waals surface area contributed by atoms with Crippen molar-refractivity contribution >= 4 is 44.1 Å². The number of nitrogens with one attached hydrogen (secondary N) is 2. The molecule has 4 aromatic carbocycles. The van der Waals surface area contributed by atoms with Crippen molar-refractivity contribution < 1.29 is 18.9 Å². The molecule has 2 N–H and O–H groups in total. The maximum atomic E-state index is 7.02. The molecule has 0 atom stereocenters. The van der Waals surface area contributed by atoms with Crippen LogP contribution < -0.4 is 18.9 Å². The molecule has 8 bridgehead atoms. The molecule has 12 heteroatoms. The summed E-state index contributed by atoms with van der Waals surface area (Å²) in [6.45, 7) is 35.2. The fourth-order valence-electron chi connectivity index (χ4n) is 11.0. The van der Waals surface area contributed by atoms with Gasteiger partial charge in [-0.25, -0.2) is 29.9 Å². The molecular weight excluding hydrogens is 897 g/mol. The minimum Gasteiger partial charge on any atom is -0.489 e. The smallest absolute Gasteiger partial charge is 0.168 e. The molecule has 0 amide bonds. The van der Waals surface area contributed by atoms with Crippen LogP contribution in [-0.4, -0.2) is 64.3 Å². The number of nitrogens with zero attached hydrogens (tertiary/aromatic N) is 6. The first-order chi connectivity index (χ1) is 34.3. The van der Waals surface area contributed by atoms with Crippen molar-refractivity contribution in [3.63, 3.8) is 0 Å². The summed E-state index contributed by atoms with van der Waals surface area (Å²) in [6.07, 6.45) is -0.271. The quantitative estimate of drug-likeness (QED) is 0.0959. The van der Waals surface area contributed by atoms with Crippen LogP contribution in [0, 0.1) is 47.3 Å². The monoisotopic (exact) mass is 971 g/mol. The van der Waals surface area contributed by atoms with E-state index in [9.17, 15) is 0 Å². The molecule has 72 heavy (non-hydrogen) atoms. The topological polar surface area (TPSA) is 146 Å². The summed E-state index contributed by atoms with van der Waals surface area (Å²) < 4.78 is 28.0. The molecule has 0 fully saturated rings. The van der Waals surface area contributed by atoms with Gasteiger partial charge in [0.25, 0.3) is 0 Å². The van der Waals surface area contributed by atoms with Gasteiger partial charge in [0, 0.05) is 21.9 Å². The average molecular weight is 971 g/mol. The zero-order chi connectivity index (χ0) is 51.4. The van der Waals surface area contributed by atoms with Gasteiger partial charge in [-0.15, -0.1) is 0 Å². The van der Waals surface area contributed by atoms with Gasteiger partial charge in [-0.05, 0) is 71.6 Å². The van der Waals surface area contributed by atoms with Crippen LogP contribution in [0.3, 0.4) is 0 Å². The van der Waals surface area contributed by atoms with Crippen molar-refractivity contribution in [2.24, 2.45) is 47.3 Å².